The quantitative estimate of drug-likeness (QED) is 0.782. The maximum absolute atomic E-state index is 12.3. The normalized spacial score (nSPS) is 10.5. The minimum absolute atomic E-state index is 0.122. The van der Waals surface area contributed by atoms with Crippen LogP contribution in [0.4, 0.5) is 11.5 Å². The number of amides is 1. The first-order valence-electron chi connectivity index (χ1n) is 8.40. The average molecular weight is 327 g/mol. The Hall–Kier alpha value is -2.40. The summed E-state index contributed by atoms with van der Waals surface area (Å²) >= 11 is 0. The number of benzene rings is 1. The van der Waals surface area contributed by atoms with Crippen molar-refractivity contribution in [3.05, 3.63) is 53.7 Å². The van der Waals surface area contributed by atoms with E-state index in [0.717, 1.165) is 36.6 Å². The molecule has 0 aliphatic rings. The third-order valence-corrected chi connectivity index (χ3v) is 3.82. The van der Waals surface area contributed by atoms with Gasteiger partial charge in [0.1, 0.15) is 5.82 Å². The predicted molar refractivity (Wildman–Crippen MR) is 97.6 cm³/mol. The van der Waals surface area contributed by atoms with E-state index < -0.39 is 0 Å². The van der Waals surface area contributed by atoms with Gasteiger partial charge in [-0.05, 0) is 49.6 Å². The van der Waals surface area contributed by atoms with Crippen LogP contribution >= 0.6 is 0 Å². The summed E-state index contributed by atoms with van der Waals surface area (Å²) in [7, 11) is 0. The van der Waals surface area contributed by atoms with E-state index in [-0.39, 0.29) is 12.5 Å². The van der Waals surface area contributed by atoms with Crippen molar-refractivity contribution in [1.29, 1.82) is 0 Å². The number of aromatic nitrogens is 1. The number of nitrogens with zero attached hydrogens (tertiary/aromatic N) is 2. The van der Waals surface area contributed by atoms with E-state index in [1.807, 2.05) is 30.3 Å². The van der Waals surface area contributed by atoms with Gasteiger partial charge in [-0.15, -0.1) is 0 Å². The zero-order chi connectivity index (χ0) is 17.4. The van der Waals surface area contributed by atoms with Crippen LogP contribution in [-0.2, 0) is 6.42 Å². The molecular formula is C19H25N3O2. The predicted octanol–water partition coefficient (Wildman–Crippen LogP) is 3.11. The van der Waals surface area contributed by atoms with E-state index in [4.69, 9.17) is 5.11 Å². The van der Waals surface area contributed by atoms with E-state index in [9.17, 15) is 4.79 Å². The molecule has 1 aromatic heterocycles. The zero-order valence-corrected chi connectivity index (χ0v) is 14.3. The van der Waals surface area contributed by atoms with Crippen LogP contribution in [0.3, 0.4) is 0 Å². The van der Waals surface area contributed by atoms with Gasteiger partial charge in [-0.25, -0.2) is 4.98 Å². The topological polar surface area (TPSA) is 65.5 Å². The van der Waals surface area contributed by atoms with Crippen molar-refractivity contribution in [2.24, 2.45) is 0 Å². The SMILES string of the molecule is CCCN(CC)c1ccc(C(=O)Nc2ccc(CCO)cc2)cn1. The summed E-state index contributed by atoms with van der Waals surface area (Å²) in [5.41, 5.74) is 2.30. The summed E-state index contributed by atoms with van der Waals surface area (Å²) in [5.74, 6) is 0.715. The molecule has 24 heavy (non-hydrogen) atoms. The Morgan fingerprint density at radius 1 is 1.17 bits per heavy atom. The van der Waals surface area contributed by atoms with Crippen molar-refractivity contribution in [3.63, 3.8) is 0 Å². The number of carbonyl (C=O) groups is 1. The van der Waals surface area contributed by atoms with Gasteiger partial charge in [0, 0.05) is 31.6 Å². The molecule has 0 aliphatic carbocycles. The molecule has 2 N–H and O–H groups in total. The summed E-state index contributed by atoms with van der Waals surface area (Å²) in [6.07, 6.45) is 3.29. The number of nitrogens with one attached hydrogen (secondary N) is 1. The first kappa shape index (κ1) is 17.9. The number of carbonyl (C=O) groups excluding carboxylic acids is 1. The molecule has 0 saturated heterocycles. The van der Waals surface area contributed by atoms with Crippen LogP contribution in [0.25, 0.3) is 0 Å². The van der Waals surface area contributed by atoms with Crippen molar-refractivity contribution in [1.82, 2.24) is 4.98 Å². The van der Waals surface area contributed by atoms with Gasteiger partial charge in [-0.1, -0.05) is 19.1 Å². The Morgan fingerprint density at radius 3 is 2.46 bits per heavy atom. The Morgan fingerprint density at radius 2 is 1.92 bits per heavy atom. The largest absolute Gasteiger partial charge is 0.396 e. The van der Waals surface area contributed by atoms with Gasteiger partial charge in [0.05, 0.1) is 5.56 Å². The molecule has 1 aromatic carbocycles. The van der Waals surface area contributed by atoms with E-state index in [2.05, 4.69) is 29.0 Å². The molecule has 0 bridgehead atoms. The van der Waals surface area contributed by atoms with Gasteiger partial charge in [0.15, 0.2) is 0 Å². The molecule has 0 radical (unpaired) electrons. The van der Waals surface area contributed by atoms with Gasteiger partial charge in [0.2, 0.25) is 0 Å². The van der Waals surface area contributed by atoms with Crippen LogP contribution in [0.1, 0.15) is 36.2 Å². The molecule has 0 unspecified atom stereocenters. The summed E-state index contributed by atoms with van der Waals surface area (Å²) in [6, 6.07) is 11.2. The van der Waals surface area contributed by atoms with Gasteiger partial charge in [-0.2, -0.15) is 0 Å². The Bertz CT molecular complexity index is 639. The second-order valence-electron chi connectivity index (χ2n) is 5.61. The lowest BCUT2D eigenvalue weighted by Crippen LogP contribution is -2.24. The van der Waals surface area contributed by atoms with Gasteiger partial charge in [-0.3, -0.25) is 4.79 Å². The molecule has 5 nitrogen and oxygen atoms in total. The smallest absolute Gasteiger partial charge is 0.257 e. The lowest BCUT2D eigenvalue weighted by atomic mass is 10.1. The van der Waals surface area contributed by atoms with Crippen LogP contribution in [0.2, 0.25) is 0 Å². The average Bonchev–Trinajstić information content (AvgIpc) is 2.62. The molecule has 0 saturated carbocycles. The molecule has 0 aliphatic heterocycles. The van der Waals surface area contributed by atoms with Crippen LogP contribution in [0.15, 0.2) is 42.6 Å². The number of rotatable bonds is 8. The number of aliphatic hydroxyl groups is 1. The van der Waals surface area contributed by atoms with E-state index >= 15 is 0 Å². The Balaban J connectivity index is 2.01. The maximum atomic E-state index is 12.3. The molecule has 0 fully saturated rings. The summed E-state index contributed by atoms with van der Waals surface area (Å²) in [4.78, 5) is 18.9. The molecule has 1 amide bonds. The molecule has 5 heteroatoms. The third-order valence-electron chi connectivity index (χ3n) is 3.82. The number of anilines is 2. The highest BCUT2D eigenvalue weighted by atomic mass is 16.3. The highest BCUT2D eigenvalue weighted by molar-refractivity contribution is 6.04. The van der Waals surface area contributed by atoms with Crippen molar-refractivity contribution in [2.75, 3.05) is 29.9 Å². The molecule has 0 atom stereocenters. The second kappa shape index (κ2) is 9.03. The number of pyridine rings is 1. The van der Waals surface area contributed by atoms with Crippen molar-refractivity contribution in [2.45, 2.75) is 26.7 Å². The van der Waals surface area contributed by atoms with Gasteiger partial charge < -0.3 is 15.3 Å². The van der Waals surface area contributed by atoms with Crippen molar-refractivity contribution in [3.8, 4) is 0 Å². The fourth-order valence-corrected chi connectivity index (χ4v) is 2.50. The van der Waals surface area contributed by atoms with E-state index in [1.165, 1.54) is 0 Å². The molecular weight excluding hydrogens is 302 g/mol. The van der Waals surface area contributed by atoms with Crippen LogP contribution in [-0.4, -0.2) is 35.7 Å². The highest BCUT2D eigenvalue weighted by Crippen LogP contribution is 2.14. The minimum atomic E-state index is -0.178. The van der Waals surface area contributed by atoms with Crippen LogP contribution < -0.4 is 10.2 Å². The first-order chi connectivity index (χ1) is 11.7. The van der Waals surface area contributed by atoms with Crippen LogP contribution in [0, 0.1) is 0 Å². The monoisotopic (exact) mass is 327 g/mol. The summed E-state index contributed by atoms with van der Waals surface area (Å²) < 4.78 is 0. The number of hydrogen-bond acceptors (Lipinski definition) is 4. The number of hydrogen-bond donors (Lipinski definition) is 2. The van der Waals surface area contributed by atoms with Gasteiger partial charge >= 0.3 is 0 Å². The van der Waals surface area contributed by atoms with Gasteiger partial charge in [0.25, 0.3) is 5.91 Å². The molecule has 2 rings (SSSR count). The van der Waals surface area contributed by atoms with Crippen LogP contribution in [0.5, 0.6) is 0 Å². The fourth-order valence-electron chi connectivity index (χ4n) is 2.50. The first-order valence-corrected chi connectivity index (χ1v) is 8.40. The maximum Gasteiger partial charge on any atom is 0.257 e. The lowest BCUT2D eigenvalue weighted by molar-refractivity contribution is 0.102. The second-order valence-corrected chi connectivity index (χ2v) is 5.61. The van der Waals surface area contributed by atoms with Crippen molar-refractivity contribution < 1.29 is 9.90 Å². The molecule has 2 aromatic rings. The molecule has 1 heterocycles. The zero-order valence-electron chi connectivity index (χ0n) is 14.3. The number of aliphatic hydroxyl groups excluding tert-OH is 1. The Labute approximate surface area is 143 Å². The summed E-state index contributed by atoms with van der Waals surface area (Å²) in [6.45, 7) is 6.20. The Kier molecular flexibility index (Phi) is 6.75. The third kappa shape index (κ3) is 4.80. The standard InChI is InChI=1S/C19H25N3O2/c1-3-12-22(4-2)18-10-7-16(14-20-18)19(24)21-17-8-5-15(6-9-17)11-13-23/h5-10,14,23H,3-4,11-13H2,1-2H3,(H,21,24). The molecule has 0 spiro atoms. The van der Waals surface area contributed by atoms with Crippen molar-refractivity contribution >= 4 is 17.4 Å². The minimum Gasteiger partial charge on any atom is -0.396 e. The summed E-state index contributed by atoms with van der Waals surface area (Å²) in [5, 5.41) is 11.8. The van der Waals surface area contributed by atoms with E-state index in [0.29, 0.717) is 12.0 Å². The fraction of sp³-hybridized carbons (Fsp3) is 0.368. The van der Waals surface area contributed by atoms with E-state index in [1.54, 1.807) is 12.3 Å². The molecule has 128 valence electrons. The highest BCUT2D eigenvalue weighted by Gasteiger charge is 2.09. The lowest BCUT2D eigenvalue weighted by Gasteiger charge is -2.21.